The van der Waals surface area contributed by atoms with Crippen LogP contribution in [0.2, 0.25) is 0 Å². The SMILES string of the molecule is CCCN1CCNC(NC(=O)OC(C)(C)C)C1(CCC)N1CCNCC1. The third-order valence-corrected chi connectivity index (χ3v) is 5.18. The first kappa shape index (κ1) is 21.4. The Balaban J connectivity index is 2.29. The Morgan fingerprint density at radius 1 is 1.15 bits per heavy atom. The van der Waals surface area contributed by atoms with Gasteiger partial charge in [-0.15, -0.1) is 0 Å². The molecule has 26 heavy (non-hydrogen) atoms. The Morgan fingerprint density at radius 2 is 1.85 bits per heavy atom. The van der Waals surface area contributed by atoms with E-state index < -0.39 is 5.60 Å². The molecule has 2 saturated heterocycles. The van der Waals surface area contributed by atoms with Crippen molar-refractivity contribution in [2.45, 2.75) is 71.3 Å². The average molecular weight is 370 g/mol. The van der Waals surface area contributed by atoms with Crippen LogP contribution in [-0.4, -0.2) is 79.1 Å². The van der Waals surface area contributed by atoms with E-state index in [1.54, 1.807) is 0 Å². The van der Waals surface area contributed by atoms with Gasteiger partial charge in [0.15, 0.2) is 0 Å². The van der Waals surface area contributed by atoms with Crippen molar-refractivity contribution >= 4 is 6.09 Å². The van der Waals surface area contributed by atoms with Gasteiger partial charge in [0.05, 0.1) is 0 Å². The van der Waals surface area contributed by atoms with Crippen molar-refractivity contribution in [2.24, 2.45) is 0 Å². The maximum atomic E-state index is 12.5. The molecule has 0 aromatic rings. The molecule has 7 nitrogen and oxygen atoms in total. The lowest BCUT2D eigenvalue weighted by Crippen LogP contribution is -2.79. The zero-order chi connectivity index (χ0) is 19.2. The van der Waals surface area contributed by atoms with Crippen molar-refractivity contribution in [2.75, 3.05) is 45.8 Å². The van der Waals surface area contributed by atoms with Crippen LogP contribution in [0.5, 0.6) is 0 Å². The van der Waals surface area contributed by atoms with Gasteiger partial charge in [0, 0.05) is 39.3 Å². The second kappa shape index (κ2) is 9.35. The molecule has 152 valence electrons. The summed E-state index contributed by atoms with van der Waals surface area (Å²) >= 11 is 0. The lowest BCUT2D eigenvalue weighted by atomic mass is 9.91. The minimum atomic E-state index is -0.496. The zero-order valence-corrected chi connectivity index (χ0v) is 17.4. The number of amides is 1. The summed E-state index contributed by atoms with van der Waals surface area (Å²) in [7, 11) is 0. The highest BCUT2D eigenvalue weighted by atomic mass is 16.6. The Morgan fingerprint density at radius 3 is 2.42 bits per heavy atom. The molecule has 0 saturated carbocycles. The Bertz CT molecular complexity index is 436. The van der Waals surface area contributed by atoms with Crippen molar-refractivity contribution < 1.29 is 9.53 Å². The lowest BCUT2D eigenvalue weighted by Gasteiger charge is -2.58. The van der Waals surface area contributed by atoms with Gasteiger partial charge >= 0.3 is 6.09 Å². The van der Waals surface area contributed by atoms with Crippen LogP contribution < -0.4 is 16.0 Å². The molecule has 0 radical (unpaired) electrons. The van der Waals surface area contributed by atoms with Gasteiger partial charge in [0.1, 0.15) is 17.4 Å². The van der Waals surface area contributed by atoms with Crippen molar-refractivity contribution in [3.05, 3.63) is 0 Å². The number of nitrogens with one attached hydrogen (secondary N) is 3. The number of ether oxygens (including phenoxy) is 1. The van der Waals surface area contributed by atoms with E-state index in [1.165, 1.54) is 0 Å². The third-order valence-electron chi connectivity index (χ3n) is 5.18. The predicted octanol–water partition coefficient (Wildman–Crippen LogP) is 1.55. The van der Waals surface area contributed by atoms with Crippen LogP contribution in [0.3, 0.4) is 0 Å². The van der Waals surface area contributed by atoms with Gasteiger partial charge in [-0.2, -0.15) is 0 Å². The van der Waals surface area contributed by atoms with Gasteiger partial charge in [-0.05, 0) is 40.2 Å². The molecule has 0 aromatic heterocycles. The molecule has 2 heterocycles. The van der Waals surface area contributed by atoms with Crippen LogP contribution in [0, 0.1) is 0 Å². The first-order valence-electron chi connectivity index (χ1n) is 10.3. The van der Waals surface area contributed by atoms with E-state index in [-0.39, 0.29) is 17.9 Å². The van der Waals surface area contributed by atoms with E-state index in [2.05, 4.69) is 39.6 Å². The number of nitrogens with zero attached hydrogens (tertiary/aromatic N) is 2. The van der Waals surface area contributed by atoms with Crippen LogP contribution in [-0.2, 0) is 4.74 Å². The molecule has 2 atom stereocenters. The molecular weight excluding hydrogens is 330 g/mol. The summed E-state index contributed by atoms with van der Waals surface area (Å²) in [6, 6.07) is 0. The summed E-state index contributed by atoms with van der Waals surface area (Å²) < 4.78 is 5.56. The Kier molecular flexibility index (Phi) is 7.70. The molecule has 0 spiro atoms. The van der Waals surface area contributed by atoms with Crippen LogP contribution in [0.1, 0.15) is 53.9 Å². The minimum absolute atomic E-state index is 0.143. The fraction of sp³-hybridized carbons (Fsp3) is 0.947. The van der Waals surface area contributed by atoms with Crippen molar-refractivity contribution in [1.29, 1.82) is 0 Å². The van der Waals surface area contributed by atoms with Crippen LogP contribution >= 0.6 is 0 Å². The molecule has 0 bridgehead atoms. The van der Waals surface area contributed by atoms with Gasteiger partial charge < -0.3 is 15.4 Å². The van der Waals surface area contributed by atoms with E-state index in [0.717, 1.165) is 65.1 Å². The second-order valence-electron chi connectivity index (χ2n) is 8.39. The lowest BCUT2D eigenvalue weighted by molar-refractivity contribution is -0.121. The fourth-order valence-electron chi connectivity index (χ4n) is 4.31. The quantitative estimate of drug-likeness (QED) is 0.660. The molecule has 7 heteroatoms. The maximum Gasteiger partial charge on any atom is 0.408 e. The number of rotatable bonds is 6. The van der Waals surface area contributed by atoms with Gasteiger partial charge in [0.2, 0.25) is 0 Å². The van der Waals surface area contributed by atoms with Crippen molar-refractivity contribution in [3.63, 3.8) is 0 Å². The highest BCUT2D eigenvalue weighted by molar-refractivity contribution is 5.68. The van der Waals surface area contributed by atoms with E-state index in [9.17, 15) is 4.79 Å². The second-order valence-corrected chi connectivity index (χ2v) is 8.39. The van der Waals surface area contributed by atoms with E-state index in [0.29, 0.717) is 0 Å². The van der Waals surface area contributed by atoms with Crippen LogP contribution in [0.15, 0.2) is 0 Å². The topological polar surface area (TPSA) is 68.9 Å². The van der Waals surface area contributed by atoms with Gasteiger partial charge in [-0.1, -0.05) is 20.3 Å². The zero-order valence-electron chi connectivity index (χ0n) is 17.4. The first-order valence-corrected chi connectivity index (χ1v) is 10.3. The van der Waals surface area contributed by atoms with Gasteiger partial charge in [-0.3, -0.25) is 15.1 Å². The number of hydrogen-bond donors (Lipinski definition) is 3. The van der Waals surface area contributed by atoms with E-state index in [1.807, 2.05) is 20.8 Å². The fourth-order valence-corrected chi connectivity index (χ4v) is 4.31. The molecule has 2 aliphatic heterocycles. The summed E-state index contributed by atoms with van der Waals surface area (Å²) in [5.74, 6) is 0. The molecule has 2 fully saturated rings. The number of alkyl carbamates (subject to hydrolysis) is 1. The molecule has 3 N–H and O–H groups in total. The predicted molar refractivity (Wildman–Crippen MR) is 105 cm³/mol. The highest BCUT2D eigenvalue weighted by Gasteiger charge is 2.50. The monoisotopic (exact) mass is 369 g/mol. The summed E-state index contributed by atoms with van der Waals surface area (Å²) in [5, 5.41) is 10.2. The van der Waals surface area contributed by atoms with Crippen molar-refractivity contribution in [1.82, 2.24) is 25.8 Å². The van der Waals surface area contributed by atoms with E-state index in [4.69, 9.17) is 4.74 Å². The van der Waals surface area contributed by atoms with Gasteiger partial charge in [0.25, 0.3) is 0 Å². The van der Waals surface area contributed by atoms with Crippen molar-refractivity contribution in [3.8, 4) is 0 Å². The van der Waals surface area contributed by atoms with Crippen LogP contribution in [0.25, 0.3) is 0 Å². The molecular formula is C19H39N5O2. The first-order chi connectivity index (χ1) is 12.3. The van der Waals surface area contributed by atoms with Crippen LogP contribution in [0.4, 0.5) is 4.79 Å². The molecule has 0 aromatic carbocycles. The summed E-state index contributed by atoms with van der Waals surface area (Å²) in [6.45, 7) is 17.1. The molecule has 2 aliphatic rings. The Labute approximate surface area is 159 Å². The molecule has 2 unspecified atom stereocenters. The number of piperazine rings is 2. The Hall–Kier alpha value is -0.890. The standard InChI is InChI=1S/C19H39N5O2/c1-6-8-19(24-13-9-20-10-14-24)16(21-11-15-23(19)12-7-2)22-17(25)26-18(3,4)5/h16,20-21H,6-15H2,1-5H3,(H,22,25). The number of carbonyl (C=O) groups is 1. The summed E-state index contributed by atoms with van der Waals surface area (Å²) in [5.41, 5.74) is -0.702. The third kappa shape index (κ3) is 5.09. The molecule has 1 amide bonds. The highest BCUT2D eigenvalue weighted by Crippen LogP contribution is 2.32. The van der Waals surface area contributed by atoms with Gasteiger partial charge in [-0.25, -0.2) is 4.79 Å². The maximum absolute atomic E-state index is 12.5. The smallest absolute Gasteiger partial charge is 0.408 e. The largest absolute Gasteiger partial charge is 0.444 e. The molecule has 0 aliphatic carbocycles. The van der Waals surface area contributed by atoms with E-state index >= 15 is 0 Å². The summed E-state index contributed by atoms with van der Waals surface area (Å²) in [4.78, 5) is 17.7. The normalized spacial score (nSPS) is 28.7. The number of carbonyl (C=O) groups excluding carboxylic acids is 1. The summed E-state index contributed by atoms with van der Waals surface area (Å²) in [6.07, 6.45) is 2.70. The average Bonchev–Trinajstić information content (AvgIpc) is 2.57. The molecule has 2 rings (SSSR count). The number of hydrogen-bond acceptors (Lipinski definition) is 6. The minimum Gasteiger partial charge on any atom is -0.444 e.